The van der Waals surface area contributed by atoms with Crippen LogP contribution < -0.4 is 5.32 Å². The van der Waals surface area contributed by atoms with Gasteiger partial charge < -0.3 is 5.32 Å². The monoisotopic (exact) mass is 289 g/mol. The molecule has 0 saturated carbocycles. The SMILES string of the molecule is CCNCc1c(C)nn(Cc2ccn(C(C)CC)n2)c1C. The summed E-state index contributed by atoms with van der Waals surface area (Å²) in [6, 6.07) is 2.54. The number of aryl methyl sites for hydroxylation is 1. The Morgan fingerprint density at radius 2 is 2.00 bits per heavy atom. The summed E-state index contributed by atoms with van der Waals surface area (Å²) in [7, 11) is 0. The van der Waals surface area contributed by atoms with E-state index in [2.05, 4.69) is 67.1 Å². The van der Waals surface area contributed by atoms with Crippen molar-refractivity contribution in [3.8, 4) is 0 Å². The fourth-order valence-electron chi connectivity index (χ4n) is 2.44. The number of nitrogens with one attached hydrogen (secondary N) is 1. The first-order chi connectivity index (χ1) is 10.1. The maximum Gasteiger partial charge on any atom is 0.0853 e. The average Bonchev–Trinajstić information content (AvgIpc) is 3.03. The smallest absolute Gasteiger partial charge is 0.0853 e. The van der Waals surface area contributed by atoms with Crippen LogP contribution >= 0.6 is 0 Å². The van der Waals surface area contributed by atoms with Crippen LogP contribution in [-0.4, -0.2) is 26.1 Å². The van der Waals surface area contributed by atoms with Crippen LogP contribution in [-0.2, 0) is 13.1 Å². The Morgan fingerprint density at radius 1 is 1.24 bits per heavy atom. The third-order valence-electron chi connectivity index (χ3n) is 4.10. The Bertz CT molecular complexity index is 582. The van der Waals surface area contributed by atoms with E-state index in [-0.39, 0.29) is 0 Å². The number of hydrogen-bond acceptors (Lipinski definition) is 3. The normalized spacial score (nSPS) is 12.8. The first-order valence-electron chi connectivity index (χ1n) is 7.84. The van der Waals surface area contributed by atoms with E-state index in [1.807, 2.05) is 4.68 Å². The van der Waals surface area contributed by atoms with E-state index in [1.54, 1.807) is 0 Å². The van der Waals surface area contributed by atoms with E-state index in [4.69, 9.17) is 0 Å². The molecular weight excluding hydrogens is 262 g/mol. The van der Waals surface area contributed by atoms with Gasteiger partial charge in [0, 0.05) is 30.0 Å². The van der Waals surface area contributed by atoms with Crippen LogP contribution in [0.15, 0.2) is 12.3 Å². The van der Waals surface area contributed by atoms with Crippen molar-refractivity contribution in [2.45, 2.75) is 60.2 Å². The Hall–Kier alpha value is -1.62. The van der Waals surface area contributed by atoms with Crippen LogP contribution in [0.4, 0.5) is 0 Å². The highest BCUT2D eigenvalue weighted by Gasteiger charge is 2.12. The molecule has 0 saturated heterocycles. The summed E-state index contributed by atoms with van der Waals surface area (Å²) in [6.07, 6.45) is 3.16. The van der Waals surface area contributed by atoms with Gasteiger partial charge in [-0.15, -0.1) is 0 Å². The summed E-state index contributed by atoms with van der Waals surface area (Å²) in [5, 5.41) is 12.7. The van der Waals surface area contributed by atoms with Gasteiger partial charge in [0.1, 0.15) is 0 Å². The highest BCUT2D eigenvalue weighted by Crippen LogP contribution is 2.15. The largest absolute Gasteiger partial charge is 0.313 e. The zero-order valence-electron chi connectivity index (χ0n) is 13.8. The van der Waals surface area contributed by atoms with E-state index in [9.17, 15) is 0 Å². The molecule has 0 fully saturated rings. The fourth-order valence-corrected chi connectivity index (χ4v) is 2.44. The van der Waals surface area contributed by atoms with E-state index >= 15 is 0 Å². The van der Waals surface area contributed by atoms with Gasteiger partial charge in [0.2, 0.25) is 0 Å². The zero-order valence-corrected chi connectivity index (χ0v) is 13.8. The van der Waals surface area contributed by atoms with Gasteiger partial charge in [0.15, 0.2) is 0 Å². The molecule has 2 rings (SSSR count). The highest BCUT2D eigenvalue weighted by molar-refractivity contribution is 5.25. The summed E-state index contributed by atoms with van der Waals surface area (Å²) < 4.78 is 4.10. The van der Waals surface area contributed by atoms with Crippen LogP contribution in [0.5, 0.6) is 0 Å². The lowest BCUT2D eigenvalue weighted by atomic mass is 10.2. The van der Waals surface area contributed by atoms with Crippen molar-refractivity contribution in [2.75, 3.05) is 6.54 Å². The molecule has 1 unspecified atom stereocenters. The minimum Gasteiger partial charge on any atom is -0.313 e. The predicted octanol–water partition coefficient (Wildman–Crippen LogP) is 2.83. The first-order valence-corrected chi connectivity index (χ1v) is 7.84. The van der Waals surface area contributed by atoms with Crippen LogP contribution in [0, 0.1) is 13.8 Å². The van der Waals surface area contributed by atoms with Crippen molar-refractivity contribution in [1.82, 2.24) is 24.9 Å². The molecule has 1 atom stereocenters. The van der Waals surface area contributed by atoms with Gasteiger partial charge in [-0.05, 0) is 39.8 Å². The maximum atomic E-state index is 4.66. The predicted molar refractivity (Wildman–Crippen MR) is 85.4 cm³/mol. The molecule has 21 heavy (non-hydrogen) atoms. The second-order valence-corrected chi connectivity index (χ2v) is 5.63. The van der Waals surface area contributed by atoms with Crippen molar-refractivity contribution in [2.24, 2.45) is 0 Å². The van der Waals surface area contributed by atoms with Gasteiger partial charge in [-0.25, -0.2) is 0 Å². The summed E-state index contributed by atoms with van der Waals surface area (Å²) in [5.74, 6) is 0. The van der Waals surface area contributed by atoms with Crippen LogP contribution in [0.2, 0.25) is 0 Å². The molecule has 0 aliphatic heterocycles. The molecule has 116 valence electrons. The lowest BCUT2D eigenvalue weighted by molar-refractivity contribution is 0.470. The fraction of sp³-hybridized carbons (Fsp3) is 0.625. The summed E-state index contributed by atoms with van der Waals surface area (Å²) in [6.45, 7) is 13.3. The molecule has 2 aromatic heterocycles. The van der Waals surface area contributed by atoms with E-state index in [0.717, 1.165) is 37.4 Å². The van der Waals surface area contributed by atoms with E-state index < -0.39 is 0 Å². The number of nitrogens with zero attached hydrogens (tertiary/aromatic N) is 4. The standard InChI is InChI=1S/C16H27N5/c1-6-12(3)20-9-8-15(19-20)11-21-14(5)16(10-17-7-2)13(4)18-21/h8-9,12,17H,6-7,10-11H2,1-5H3. The third kappa shape index (κ3) is 3.53. The van der Waals surface area contributed by atoms with Crippen LogP contribution in [0.3, 0.4) is 0 Å². The Kier molecular flexibility index (Phi) is 5.17. The highest BCUT2D eigenvalue weighted by atomic mass is 15.3. The van der Waals surface area contributed by atoms with E-state index in [0.29, 0.717) is 6.04 Å². The van der Waals surface area contributed by atoms with Crippen molar-refractivity contribution >= 4 is 0 Å². The third-order valence-corrected chi connectivity index (χ3v) is 4.10. The zero-order chi connectivity index (χ0) is 15.4. The van der Waals surface area contributed by atoms with Crippen LogP contribution in [0.25, 0.3) is 0 Å². The molecule has 2 heterocycles. The van der Waals surface area contributed by atoms with Gasteiger partial charge in [-0.2, -0.15) is 10.2 Å². The van der Waals surface area contributed by atoms with Crippen molar-refractivity contribution in [1.29, 1.82) is 0 Å². The minimum atomic E-state index is 0.448. The van der Waals surface area contributed by atoms with E-state index in [1.165, 1.54) is 11.3 Å². The molecule has 0 aliphatic rings. The molecular formula is C16H27N5. The first kappa shape index (κ1) is 15.8. The molecule has 2 aromatic rings. The lowest BCUT2D eigenvalue weighted by Crippen LogP contribution is -2.13. The maximum absolute atomic E-state index is 4.66. The van der Waals surface area contributed by atoms with Gasteiger partial charge >= 0.3 is 0 Å². The number of hydrogen-bond donors (Lipinski definition) is 1. The summed E-state index contributed by atoms with van der Waals surface area (Å²) in [5.41, 5.74) is 4.70. The minimum absolute atomic E-state index is 0.448. The molecule has 0 radical (unpaired) electrons. The molecule has 0 spiro atoms. The van der Waals surface area contributed by atoms with Gasteiger partial charge in [-0.3, -0.25) is 9.36 Å². The average molecular weight is 289 g/mol. The quantitative estimate of drug-likeness (QED) is 0.852. The van der Waals surface area contributed by atoms with Crippen molar-refractivity contribution in [3.63, 3.8) is 0 Å². The molecule has 0 bridgehead atoms. The molecule has 5 nitrogen and oxygen atoms in total. The van der Waals surface area contributed by atoms with Gasteiger partial charge in [0.05, 0.1) is 17.9 Å². The Balaban J connectivity index is 2.14. The Morgan fingerprint density at radius 3 is 2.67 bits per heavy atom. The number of aromatic nitrogens is 4. The number of rotatable bonds is 7. The molecule has 1 N–H and O–H groups in total. The second-order valence-electron chi connectivity index (χ2n) is 5.63. The summed E-state index contributed by atoms with van der Waals surface area (Å²) in [4.78, 5) is 0. The van der Waals surface area contributed by atoms with Crippen LogP contribution in [0.1, 0.15) is 55.9 Å². The Labute approximate surface area is 127 Å². The van der Waals surface area contributed by atoms with Gasteiger partial charge in [0.25, 0.3) is 0 Å². The van der Waals surface area contributed by atoms with Gasteiger partial charge in [-0.1, -0.05) is 13.8 Å². The van der Waals surface area contributed by atoms with Crippen molar-refractivity contribution in [3.05, 3.63) is 34.9 Å². The topological polar surface area (TPSA) is 47.7 Å². The molecule has 0 aromatic carbocycles. The molecule has 0 amide bonds. The molecule has 0 aliphatic carbocycles. The molecule has 5 heteroatoms. The second kappa shape index (κ2) is 6.89. The summed E-state index contributed by atoms with van der Waals surface area (Å²) >= 11 is 0. The lowest BCUT2D eigenvalue weighted by Gasteiger charge is -2.08. The van der Waals surface area contributed by atoms with Crippen molar-refractivity contribution < 1.29 is 0 Å².